The van der Waals surface area contributed by atoms with Crippen molar-refractivity contribution >= 4 is 22.7 Å². The van der Waals surface area contributed by atoms with Crippen LogP contribution in [0.25, 0.3) is 0 Å². The number of hydrazone groups is 1. The summed E-state index contributed by atoms with van der Waals surface area (Å²) in [5.74, 6) is 0.844. The highest BCUT2D eigenvalue weighted by Gasteiger charge is 2.01. The van der Waals surface area contributed by atoms with E-state index in [1.54, 1.807) is 17.6 Å². The van der Waals surface area contributed by atoms with Crippen molar-refractivity contribution in [1.29, 1.82) is 0 Å². The van der Waals surface area contributed by atoms with E-state index in [4.69, 9.17) is 4.74 Å². The van der Waals surface area contributed by atoms with E-state index in [9.17, 15) is 0 Å². The van der Waals surface area contributed by atoms with Crippen LogP contribution in [0.3, 0.4) is 0 Å². The predicted octanol–water partition coefficient (Wildman–Crippen LogP) is 5.09. The molecule has 0 saturated carbocycles. The molecule has 25 heavy (non-hydrogen) atoms. The molecule has 128 valence electrons. The SMILES string of the molecule is Cc1ccc(COc2ccc(/C=N/Nc3nc(C)c(C)s3)cc2)cc1. The van der Waals surface area contributed by atoms with Crippen molar-refractivity contribution in [3.63, 3.8) is 0 Å². The van der Waals surface area contributed by atoms with Crippen LogP contribution in [0.2, 0.25) is 0 Å². The zero-order valence-corrected chi connectivity index (χ0v) is 15.4. The van der Waals surface area contributed by atoms with Gasteiger partial charge >= 0.3 is 0 Å². The van der Waals surface area contributed by atoms with E-state index < -0.39 is 0 Å². The zero-order valence-electron chi connectivity index (χ0n) is 14.6. The minimum Gasteiger partial charge on any atom is -0.489 e. The maximum absolute atomic E-state index is 5.81. The first-order valence-corrected chi connectivity index (χ1v) is 8.93. The van der Waals surface area contributed by atoms with Gasteiger partial charge in [-0.1, -0.05) is 29.8 Å². The third-order valence-corrected chi connectivity index (χ3v) is 4.79. The maximum Gasteiger partial charge on any atom is 0.203 e. The first-order valence-electron chi connectivity index (χ1n) is 8.12. The lowest BCUT2D eigenvalue weighted by molar-refractivity contribution is 0.306. The summed E-state index contributed by atoms with van der Waals surface area (Å²) in [6.07, 6.45) is 1.77. The molecule has 0 spiro atoms. The Hall–Kier alpha value is -2.66. The van der Waals surface area contributed by atoms with Crippen molar-refractivity contribution in [2.24, 2.45) is 5.10 Å². The van der Waals surface area contributed by atoms with E-state index in [1.807, 2.05) is 31.2 Å². The molecule has 0 aliphatic rings. The van der Waals surface area contributed by atoms with Gasteiger partial charge in [0.1, 0.15) is 12.4 Å². The number of nitrogens with one attached hydrogen (secondary N) is 1. The third kappa shape index (κ3) is 4.90. The van der Waals surface area contributed by atoms with Gasteiger partial charge in [-0.3, -0.25) is 5.43 Å². The van der Waals surface area contributed by atoms with E-state index in [1.165, 1.54) is 10.4 Å². The summed E-state index contributed by atoms with van der Waals surface area (Å²) in [5.41, 5.74) is 7.42. The van der Waals surface area contributed by atoms with Crippen molar-refractivity contribution in [2.75, 3.05) is 5.43 Å². The van der Waals surface area contributed by atoms with Gasteiger partial charge in [0.05, 0.1) is 11.9 Å². The van der Waals surface area contributed by atoms with Crippen molar-refractivity contribution in [2.45, 2.75) is 27.4 Å². The molecular formula is C20H21N3OS. The molecular weight excluding hydrogens is 330 g/mol. The molecule has 0 saturated heterocycles. The highest BCUT2D eigenvalue weighted by Crippen LogP contribution is 2.21. The molecule has 0 fully saturated rings. The Bertz CT molecular complexity index is 832. The largest absolute Gasteiger partial charge is 0.489 e. The molecule has 0 radical (unpaired) electrons. The fourth-order valence-corrected chi connectivity index (χ4v) is 2.95. The Labute approximate surface area is 152 Å². The number of nitrogens with zero attached hydrogens (tertiary/aromatic N) is 2. The summed E-state index contributed by atoms with van der Waals surface area (Å²) in [7, 11) is 0. The molecule has 3 rings (SSSR count). The lowest BCUT2D eigenvalue weighted by Crippen LogP contribution is -1.95. The highest BCUT2D eigenvalue weighted by atomic mass is 32.1. The van der Waals surface area contributed by atoms with Crippen LogP contribution in [0.15, 0.2) is 53.6 Å². The molecule has 1 N–H and O–H groups in total. The Kier molecular flexibility index (Phi) is 5.46. The molecule has 1 heterocycles. The molecule has 0 aliphatic carbocycles. The van der Waals surface area contributed by atoms with Gasteiger partial charge in [0.25, 0.3) is 0 Å². The Morgan fingerprint density at radius 1 is 1.04 bits per heavy atom. The molecule has 0 atom stereocenters. The van der Waals surface area contributed by atoms with Crippen molar-refractivity contribution in [3.8, 4) is 5.75 Å². The zero-order chi connectivity index (χ0) is 17.6. The topological polar surface area (TPSA) is 46.5 Å². The molecule has 0 amide bonds. The van der Waals surface area contributed by atoms with Crippen LogP contribution >= 0.6 is 11.3 Å². The van der Waals surface area contributed by atoms with Crippen molar-refractivity contribution < 1.29 is 4.74 Å². The van der Waals surface area contributed by atoms with Crippen LogP contribution in [-0.2, 0) is 6.61 Å². The lowest BCUT2D eigenvalue weighted by atomic mass is 10.2. The van der Waals surface area contributed by atoms with E-state index in [0.29, 0.717) is 6.61 Å². The highest BCUT2D eigenvalue weighted by molar-refractivity contribution is 7.15. The molecule has 3 aromatic rings. The fraction of sp³-hybridized carbons (Fsp3) is 0.200. The minimum absolute atomic E-state index is 0.567. The van der Waals surface area contributed by atoms with E-state index in [-0.39, 0.29) is 0 Å². The second-order valence-corrected chi connectivity index (χ2v) is 7.08. The van der Waals surface area contributed by atoms with Gasteiger partial charge in [-0.15, -0.1) is 11.3 Å². The van der Waals surface area contributed by atoms with Crippen molar-refractivity contribution in [3.05, 3.63) is 75.8 Å². The number of ether oxygens (including phenoxy) is 1. The fourth-order valence-electron chi connectivity index (χ4n) is 2.18. The Morgan fingerprint density at radius 2 is 1.76 bits per heavy atom. The number of hydrogen-bond acceptors (Lipinski definition) is 5. The third-order valence-electron chi connectivity index (χ3n) is 3.81. The number of aryl methyl sites for hydroxylation is 3. The number of thiazole rings is 1. The van der Waals surface area contributed by atoms with Crippen LogP contribution in [-0.4, -0.2) is 11.2 Å². The number of hydrogen-bond donors (Lipinski definition) is 1. The van der Waals surface area contributed by atoms with Crippen LogP contribution in [0.4, 0.5) is 5.13 Å². The Morgan fingerprint density at radius 3 is 2.40 bits per heavy atom. The van der Waals surface area contributed by atoms with Crippen molar-refractivity contribution in [1.82, 2.24) is 4.98 Å². The molecule has 0 unspecified atom stereocenters. The second kappa shape index (κ2) is 7.94. The number of anilines is 1. The van der Waals surface area contributed by atoms with Crippen LogP contribution < -0.4 is 10.2 Å². The van der Waals surface area contributed by atoms with Gasteiger partial charge in [-0.25, -0.2) is 4.98 Å². The average Bonchev–Trinajstić information content (AvgIpc) is 2.93. The van der Waals surface area contributed by atoms with Gasteiger partial charge in [-0.05, 0) is 56.2 Å². The number of benzene rings is 2. The maximum atomic E-state index is 5.81. The standard InChI is InChI=1S/C20H21N3OS/c1-14-4-6-18(7-5-14)13-24-19-10-8-17(9-11-19)12-21-23-20-22-15(2)16(3)25-20/h4-12H,13H2,1-3H3,(H,22,23)/b21-12+. The van der Waals surface area contributed by atoms with E-state index in [2.05, 4.69) is 53.6 Å². The summed E-state index contributed by atoms with van der Waals surface area (Å²) in [4.78, 5) is 5.59. The minimum atomic E-state index is 0.567. The Balaban J connectivity index is 1.52. The normalized spacial score (nSPS) is 11.0. The number of rotatable bonds is 6. The molecule has 1 aromatic heterocycles. The number of aromatic nitrogens is 1. The van der Waals surface area contributed by atoms with Crippen LogP contribution in [0, 0.1) is 20.8 Å². The van der Waals surface area contributed by atoms with E-state index in [0.717, 1.165) is 27.7 Å². The van der Waals surface area contributed by atoms with Crippen LogP contribution in [0.5, 0.6) is 5.75 Å². The summed E-state index contributed by atoms with van der Waals surface area (Å²) in [6.45, 7) is 6.70. The molecule has 2 aromatic carbocycles. The van der Waals surface area contributed by atoms with Gasteiger partial charge in [0.15, 0.2) is 0 Å². The average molecular weight is 351 g/mol. The van der Waals surface area contributed by atoms with E-state index >= 15 is 0 Å². The second-order valence-electron chi connectivity index (χ2n) is 5.87. The predicted molar refractivity (Wildman–Crippen MR) is 105 cm³/mol. The molecule has 4 nitrogen and oxygen atoms in total. The van der Waals surface area contributed by atoms with Gasteiger partial charge < -0.3 is 4.74 Å². The summed E-state index contributed by atoms with van der Waals surface area (Å²) in [5, 5.41) is 5.04. The van der Waals surface area contributed by atoms with Gasteiger partial charge in [0, 0.05) is 4.88 Å². The molecule has 5 heteroatoms. The summed E-state index contributed by atoms with van der Waals surface area (Å²) in [6, 6.07) is 16.2. The molecule has 0 aliphatic heterocycles. The molecule has 0 bridgehead atoms. The monoisotopic (exact) mass is 351 g/mol. The smallest absolute Gasteiger partial charge is 0.203 e. The van der Waals surface area contributed by atoms with Gasteiger partial charge in [0.2, 0.25) is 5.13 Å². The van der Waals surface area contributed by atoms with Gasteiger partial charge in [-0.2, -0.15) is 5.10 Å². The summed E-state index contributed by atoms with van der Waals surface area (Å²) < 4.78 is 5.81. The lowest BCUT2D eigenvalue weighted by Gasteiger charge is -2.06. The summed E-state index contributed by atoms with van der Waals surface area (Å²) >= 11 is 1.60. The first kappa shape index (κ1) is 17.2. The van der Waals surface area contributed by atoms with Crippen LogP contribution in [0.1, 0.15) is 27.3 Å². The quantitative estimate of drug-likeness (QED) is 0.497. The first-order chi connectivity index (χ1) is 12.1.